The molecular formula is C19H24N2O4. The summed E-state index contributed by atoms with van der Waals surface area (Å²) in [5.41, 5.74) is 0.926. The smallest absolute Gasteiger partial charge is 0.221 e. The molecular weight excluding hydrogens is 320 g/mol. The second kappa shape index (κ2) is 10.1. The summed E-state index contributed by atoms with van der Waals surface area (Å²) in [7, 11) is 3.25. The van der Waals surface area contributed by atoms with Gasteiger partial charge in [-0.3, -0.25) is 4.79 Å². The molecule has 1 amide bonds. The van der Waals surface area contributed by atoms with Gasteiger partial charge in [-0.05, 0) is 36.4 Å². The number of anilines is 1. The van der Waals surface area contributed by atoms with Crippen molar-refractivity contribution in [2.45, 2.75) is 6.42 Å². The molecule has 0 aliphatic rings. The monoisotopic (exact) mass is 344 g/mol. The van der Waals surface area contributed by atoms with Crippen LogP contribution in [-0.2, 0) is 4.79 Å². The highest BCUT2D eigenvalue weighted by Crippen LogP contribution is 2.17. The number of hydrogen-bond donors (Lipinski definition) is 2. The third-order valence-corrected chi connectivity index (χ3v) is 3.50. The molecule has 0 heterocycles. The van der Waals surface area contributed by atoms with E-state index in [9.17, 15) is 4.79 Å². The molecule has 2 aromatic carbocycles. The summed E-state index contributed by atoms with van der Waals surface area (Å²) in [6.07, 6.45) is 0.389. The van der Waals surface area contributed by atoms with Crippen molar-refractivity contribution in [3.05, 3.63) is 48.5 Å². The summed E-state index contributed by atoms with van der Waals surface area (Å²) in [6, 6.07) is 14.9. The van der Waals surface area contributed by atoms with Gasteiger partial charge in [0.15, 0.2) is 0 Å². The van der Waals surface area contributed by atoms with Gasteiger partial charge in [-0.1, -0.05) is 6.07 Å². The maximum atomic E-state index is 11.8. The van der Waals surface area contributed by atoms with Crippen LogP contribution < -0.4 is 24.8 Å². The number of carbonyl (C=O) groups excluding carboxylic acids is 1. The number of carbonyl (C=O) groups is 1. The van der Waals surface area contributed by atoms with E-state index in [2.05, 4.69) is 10.6 Å². The van der Waals surface area contributed by atoms with Gasteiger partial charge in [0.2, 0.25) is 5.91 Å². The minimum atomic E-state index is -0.0197. The Morgan fingerprint density at radius 2 is 1.64 bits per heavy atom. The largest absolute Gasteiger partial charge is 0.497 e. The second-order valence-electron chi connectivity index (χ2n) is 5.28. The molecule has 0 aromatic heterocycles. The standard InChI is InChI=1S/C19H24N2O4/c1-23-16-6-8-17(9-7-16)25-13-12-21-19(22)10-11-20-15-4-3-5-18(14-15)24-2/h3-9,14,20H,10-13H2,1-2H3,(H,21,22). The van der Waals surface area contributed by atoms with Crippen LogP contribution in [0.15, 0.2) is 48.5 Å². The lowest BCUT2D eigenvalue weighted by molar-refractivity contribution is -0.120. The molecule has 0 unspecified atom stereocenters. The van der Waals surface area contributed by atoms with Gasteiger partial charge in [-0.15, -0.1) is 0 Å². The predicted molar refractivity (Wildman–Crippen MR) is 97.6 cm³/mol. The van der Waals surface area contributed by atoms with Gasteiger partial charge in [0.1, 0.15) is 23.9 Å². The van der Waals surface area contributed by atoms with Gasteiger partial charge < -0.3 is 24.8 Å². The van der Waals surface area contributed by atoms with Gasteiger partial charge in [0.25, 0.3) is 0 Å². The first kappa shape index (κ1) is 18.4. The van der Waals surface area contributed by atoms with Gasteiger partial charge in [-0.2, -0.15) is 0 Å². The quantitative estimate of drug-likeness (QED) is 0.649. The third-order valence-electron chi connectivity index (χ3n) is 3.50. The highest BCUT2D eigenvalue weighted by Gasteiger charge is 2.02. The van der Waals surface area contributed by atoms with Crippen molar-refractivity contribution in [1.82, 2.24) is 5.32 Å². The highest BCUT2D eigenvalue weighted by atomic mass is 16.5. The molecule has 0 aliphatic heterocycles. The molecule has 134 valence electrons. The molecule has 0 saturated heterocycles. The molecule has 25 heavy (non-hydrogen) atoms. The average molecular weight is 344 g/mol. The first-order valence-electron chi connectivity index (χ1n) is 8.13. The van der Waals surface area contributed by atoms with Crippen molar-refractivity contribution in [2.75, 3.05) is 39.2 Å². The number of ether oxygens (including phenoxy) is 3. The predicted octanol–water partition coefficient (Wildman–Crippen LogP) is 2.70. The number of hydrogen-bond acceptors (Lipinski definition) is 5. The topological polar surface area (TPSA) is 68.8 Å². The maximum Gasteiger partial charge on any atom is 0.221 e. The molecule has 0 bridgehead atoms. The summed E-state index contributed by atoms with van der Waals surface area (Å²) in [4.78, 5) is 11.8. The number of rotatable bonds is 10. The van der Waals surface area contributed by atoms with Crippen molar-refractivity contribution in [3.63, 3.8) is 0 Å². The van der Waals surface area contributed by atoms with Crippen LogP contribution in [0.25, 0.3) is 0 Å². The van der Waals surface area contributed by atoms with E-state index in [-0.39, 0.29) is 5.91 Å². The number of nitrogens with one attached hydrogen (secondary N) is 2. The molecule has 0 radical (unpaired) electrons. The van der Waals surface area contributed by atoms with E-state index in [1.165, 1.54) is 0 Å². The summed E-state index contributed by atoms with van der Waals surface area (Å²) in [5.74, 6) is 2.29. The number of amides is 1. The van der Waals surface area contributed by atoms with Crippen molar-refractivity contribution in [1.29, 1.82) is 0 Å². The highest BCUT2D eigenvalue weighted by molar-refractivity contribution is 5.76. The van der Waals surface area contributed by atoms with Crippen molar-refractivity contribution < 1.29 is 19.0 Å². The van der Waals surface area contributed by atoms with E-state index in [4.69, 9.17) is 14.2 Å². The molecule has 6 heteroatoms. The van der Waals surface area contributed by atoms with E-state index >= 15 is 0 Å². The average Bonchev–Trinajstić information content (AvgIpc) is 2.66. The van der Waals surface area contributed by atoms with Gasteiger partial charge in [0, 0.05) is 24.7 Å². The second-order valence-corrected chi connectivity index (χ2v) is 5.28. The molecule has 0 aliphatic carbocycles. The first-order chi connectivity index (χ1) is 12.2. The van der Waals surface area contributed by atoms with E-state index in [1.807, 2.05) is 48.5 Å². The van der Waals surface area contributed by atoms with E-state index in [0.29, 0.717) is 26.1 Å². The Labute approximate surface area is 148 Å². The van der Waals surface area contributed by atoms with Crippen LogP contribution in [0.4, 0.5) is 5.69 Å². The van der Waals surface area contributed by atoms with E-state index < -0.39 is 0 Å². The van der Waals surface area contributed by atoms with Crippen LogP contribution in [0.3, 0.4) is 0 Å². The Bertz CT molecular complexity index is 659. The molecule has 2 aromatic rings. The van der Waals surface area contributed by atoms with Gasteiger partial charge in [-0.25, -0.2) is 0 Å². The lowest BCUT2D eigenvalue weighted by Gasteiger charge is -2.10. The molecule has 0 fully saturated rings. The van der Waals surface area contributed by atoms with Crippen LogP contribution in [-0.4, -0.2) is 39.8 Å². The van der Waals surface area contributed by atoms with Crippen LogP contribution in [0, 0.1) is 0 Å². The molecule has 0 spiro atoms. The molecule has 0 atom stereocenters. The Morgan fingerprint density at radius 1 is 0.920 bits per heavy atom. The van der Waals surface area contributed by atoms with Crippen LogP contribution in [0.1, 0.15) is 6.42 Å². The minimum absolute atomic E-state index is 0.0197. The molecule has 2 N–H and O–H groups in total. The first-order valence-corrected chi connectivity index (χ1v) is 8.13. The van der Waals surface area contributed by atoms with Crippen molar-refractivity contribution in [2.24, 2.45) is 0 Å². The molecule has 6 nitrogen and oxygen atoms in total. The Hall–Kier alpha value is -2.89. The fourth-order valence-corrected chi connectivity index (χ4v) is 2.17. The van der Waals surface area contributed by atoms with E-state index in [0.717, 1.165) is 22.9 Å². The molecule has 2 rings (SSSR count). The van der Waals surface area contributed by atoms with Crippen LogP contribution in [0.5, 0.6) is 17.2 Å². The Kier molecular flexibility index (Phi) is 7.43. The fraction of sp³-hybridized carbons (Fsp3) is 0.316. The van der Waals surface area contributed by atoms with Crippen LogP contribution >= 0.6 is 0 Å². The van der Waals surface area contributed by atoms with Crippen molar-refractivity contribution >= 4 is 11.6 Å². The normalized spacial score (nSPS) is 10.0. The summed E-state index contributed by atoms with van der Waals surface area (Å²) in [6.45, 7) is 1.43. The minimum Gasteiger partial charge on any atom is -0.497 e. The lowest BCUT2D eigenvalue weighted by Crippen LogP contribution is -2.29. The molecule has 0 saturated carbocycles. The summed E-state index contributed by atoms with van der Waals surface area (Å²) in [5, 5.41) is 6.02. The number of benzene rings is 2. The van der Waals surface area contributed by atoms with Crippen molar-refractivity contribution in [3.8, 4) is 17.2 Å². The summed E-state index contributed by atoms with van der Waals surface area (Å²) < 4.78 is 15.8. The Morgan fingerprint density at radius 3 is 2.36 bits per heavy atom. The maximum absolute atomic E-state index is 11.8. The zero-order chi connectivity index (χ0) is 17.9. The SMILES string of the molecule is COc1ccc(OCCNC(=O)CCNc2cccc(OC)c2)cc1. The van der Waals surface area contributed by atoms with Gasteiger partial charge >= 0.3 is 0 Å². The number of methoxy groups -OCH3 is 2. The summed E-state index contributed by atoms with van der Waals surface area (Å²) >= 11 is 0. The lowest BCUT2D eigenvalue weighted by atomic mass is 10.3. The van der Waals surface area contributed by atoms with Crippen LogP contribution in [0.2, 0.25) is 0 Å². The third kappa shape index (κ3) is 6.63. The van der Waals surface area contributed by atoms with Gasteiger partial charge in [0.05, 0.1) is 20.8 Å². The zero-order valence-corrected chi connectivity index (χ0v) is 14.6. The zero-order valence-electron chi connectivity index (χ0n) is 14.6. The fourth-order valence-electron chi connectivity index (χ4n) is 2.17. The van der Waals surface area contributed by atoms with E-state index in [1.54, 1.807) is 14.2 Å². The Balaban J connectivity index is 1.58.